The summed E-state index contributed by atoms with van der Waals surface area (Å²) < 4.78 is 13.1. The number of ketones is 1. The van der Waals surface area contributed by atoms with Gasteiger partial charge in [0, 0.05) is 11.5 Å². The van der Waals surface area contributed by atoms with Crippen LogP contribution in [0.4, 0.5) is 4.39 Å². The van der Waals surface area contributed by atoms with Crippen molar-refractivity contribution in [3.05, 3.63) is 107 Å². The third kappa shape index (κ3) is 4.80. The van der Waals surface area contributed by atoms with Gasteiger partial charge in [-0.1, -0.05) is 60.7 Å². The summed E-state index contributed by atoms with van der Waals surface area (Å²) in [6.07, 6.45) is 2.12. The molecule has 29 heavy (non-hydrogen) atoms. The van der Waals surface area contributed by atoms with Crippen molar-refractivity contribution in [2.75, 3.05) is 19.6 Å². The fourth-order valence-corrected chi connectivity index (χ4v) is 4.43. The number of carbonyl (C=O) groups excluding carboxylic acids is 1. The second-order valence-corrected chi connectivity index (χ2v) is 7.84. The van der Waals surface area contributed by atoms with Crippen LogP contribution in [0.25, 0.3) is 0 Å². The molecule has 0 saturated carbocycles. The van der Waals surface area contributed by atoms with Gasteiger partial charge in [-0.15, -0.1) is 0 Å². The molecule has 1 heterocycles. The Morgan fingerprint density at radius 3 is 1.86 bits per heavy atom. The van der Waals surface area contributed by atoms with Gasteiger partial charge in [0.05, 0.1) is 6.54 Å². The minimum absolute atomic E-state index is 0.0612. The number of Topliss-reactive ketones (excluding diaryl/α,β-unsaturated/α-hetero) is 1. The molecule has 3 aromatic carbocycles. The van der Waals surface area contributed by atoms with E-state index in [4.69, 9.17) is 0 Å². The average molecular weight is 387 g/mol. The largest absolute Gasteiger partial charge is 0.296 e. The molecular weight excluding hydrogens is 361 g/mol. The number of likely N-dealkylation sites (tertiary alicyclic amines) is 1. The maximum atomic E-state index is 13.1. The molecule has 0 aliphatic carbocycles. The lowest BCUT2D eigenvalue weighted by Gasteiger charge is -2.36. The van der Waals surface area contributed by atoms with E-state index in [9.17, 15) is 9.18 Å². The Balaban J connectivity index is 1.43. The summed E-state index contributed by atoms with van der Waals surface area (Å²) in [5, 5.41) is 0. The van der Waals surface area contributed by atoms with Gasteiger partial charge in [-0.25, -0.2) is 4.39 Å². The second kappa shape index (κ2) is 9.15. The van der Waals surface area contributed by atoms with E-state index in [2.05, 4.69) is 65.6 Å². The molecule has 2 nitrogen and oxygen atoms in total. The molecule has 1 aliphatic rings. The van der Waals surface area contributed by atoms with Crippen LogP contribution < -0.4 is 0 Å². The molecule has 0 bridgehead atoms. The van der Waals surface area contributed by atoms with E-state index in [1.165, 1.54) is 23.3 Å². The number of rotatable bonds is 6. The SMILES string of the molecule is O=C(CN1CCC(C(c2ccccc2)c2ccccc2)CC1)c1ccc(F)cc1. The minimum atomic E-state index is -0.310. The van der Waals surface area contributed by atoms with Gasteiger partial charge < -0.3 is 0 Å². The van der Waals surface area contributed by atoms with E-state index >= 15 is 0 Å². The van der Waals surface area contributed by atoms with Crippen LogP contribution in [-0.4, -0.2) is 30.3 Å². The summed E-state index contributed by atoms with van der Waals surface area (Å²) in [5.41, 5.74) is 3.30. The predicted octanol–water partition coefficient (Wildman–Crippen LogP) is 5.55. The van der Waals surface area contributed by atoms with Gasteiger partial charge in [0.25, 0.3) is 0 Å². The highest BCUT2D eigenvalue weighted by Crippen LogP contribution is 2.37. The standard InChI is InChI=1S/C26H26FNO/c27-24-13-11-20(12-14-24)25(29)19-28-17-15-23(16-18-28)26(21-7-3-1-4-8-21)22-9-5-2-6-10-22/h1-14,23,26H,15-19H2. The Kier molecular flexibility index (Phi) is 6.16. The van der Waals surface area contributed by atoms with Gasteiger partial charge >= 0.3 is 0 Å². The normalized spacial score (nSPS) is 15.5. The first-order valence-electron chi connectivity index (χ1n) is 10.3. The summed E-state index contributed by atoms with van der Waals surface area (Å²) >= 11 is 0. The van der Waals surface area contributed by atoms with Crippen LogP contribution in [0.15, 0.2) is 84.9 Å². The zero-order chi connectivity index (χ0) is 20.1. The molecule has 1 aliphatic heterocycles. The highest BCUT2D eigenvalue weighted by atomic mass is 19.1. The van der Waals surface area contributed by atoms with Crippen molar-refractivity contribution < 1.29 is 9.18 Å². The Hall–Kier alpha value is -2.78. The highest BCUT2D eigenvalue weighted by molar-refractivity contribution is 5.97. The fraction of sp³-hybridized carbons (Fsp3) is 0.269. The van der Waals surface area contributed by atoms with Crippen molar-refractivity contribution in [2.45, 2.75) is 18.8 Å². The summed E-state index contributed by atoms with van der Waals surface area (Å²) in [7, 11) is 0. The van der Waals surface area contributed by atoms with Crippen LogP contribution in [0.3, 0.4) is 0 Å². The second-order valence-electron chi connectivity index (χ2n) is 7.84. The topological polar surface area (TPSA) is 20.3 Å². The molecule has 0 aromatic heterocycles. The monoisotopic (exact) mass is 387 g/mol. The van der Waals surface area contributed by atoms with E-state index in [-0.39, 0.29) is 11.6 Å². The number of hydrogen-bond donors (Lipinski definition) is 0. The van der Waals surface area contributed by atoms with E-state index in [0.29, 0.717) is 23.9 Å². The summed E-state index contributed by atoms with van der Waals surface area (Å²) in [6.45, 7) is 2.22. The first-order chi connectivity index (χ1) is 14.2. The Labute approximate surface area is 172 Å². The molecule has 3 aromatic rings. The molecule has 0 spiro atoms. The van der Waals surface area contributed by atoms with Gasteiger partial charge in [0.2, 0.25) is 0 Å². The van der Waals surface area contributed by atoms with Crippen molar-refractivity contribution in [3.63, 3.8) is 0 Å². The van der Waals surface area contributed by atoms with E-state index < -0.39 is 0 Å². The molecule has 0 N–H and O–H groups in total. The molecular formula is C26H26FNO. The van der Waals surface area contributed by atoms with Gasteiger partial charge in [0.1, 0.15) is 5.82 Å². The number of hydrogen-bond acceptors (Lipinski definition) is 2. The lowest BCUT2D eigenvalue weighted by Crippen LogP contribution is -2.39. The van der Waals surface area contributed by atoms with Gasteiger partial charge in [-0.2, -0.15) is 0 Å². The maximum Gasteiger partial charge on any atom is 0.176 e. The van der Waals surface area contributed by atoms with Crippen molar-refractivity contribution in [1.29, 1.82) is 0 Å². The zero-order valence-electron chi connectivity index (χ0n) is 16.5. The van der Waals surface area contributed by atoms with Crippen LogP contribution >= 0.6 is 0 Å². The van der Waals surface area contributed by atoms with Crippen LogP contribution in [0.1, 0.15) is 40.2 Å². The summed E-state index contributed by atoms with van der Waals surface area (Å²) in [5.74, 6) is 0.686. The first-order valence-corrected chi connectivity index (χ1v) is 10.3. The van der Waals surface area contributed by atoms with Crippen molar-refractivity contribution in [3.8, 4) is 0 Å². The van der Waals surface area contributed by atoms with Gasteiger partial charge in [-0.3, -0.25) is 9.69 Å². The van der Waals surface area contributed by atoms with E-state index in [0.717, 1.165) is 25.9 Å². The average Bonchev–Trinajstić information content (AvgIpc) is 2.77. The van der Waals surface area contributed by atoms with Gasteiger partial charge in [0.15, 0.2) is 5.78 Å². The van der Waals surface area contributed by atoms with Crippen LogP contribution in [-0.2, 0) is 0 Å². The third-order valence-electron chi connectivity index (χ3n) is 5.95. The molecule has 0 radical (unpaired) electrons. The van der Waals surface area contributed by atoms with Gasteiger partial charge in [-0.05, 0) is 67.2 Å². The van der Waals surface area contributed by atoms with E-state index in [1.54, 1.807) is 12.1 Å². The lowest BCUT2D eigenvalue weighted by atomic mass is 9.76. The van der Waals surface area contributed by atoms with Crippen LogP contribution in [0, 0.1) is 11.7 Å². The maximum absolute atomic E-state index is 13.1. The number of halogens is 1. The number of piperidine rings is 1. The Morgan fingerprint density at radius 1 is 0.828 bits per heavy atom. The Bertz CT molecular complexity index is 876. The summed E-state index contributed by atoms with van der Waals surface area (Å²) in [4.78, 5) is 14.7. The number of carbonyl (C=O) groups is 1. The quantitative estimate of drug-likeness (QED) is 0.517. The molecule has 0 unspecified atom stereocenters. The molecule has 3 heteroatoms. The molecule has 1 saturated heterocycles. The fourth-order valence-electron chi connectivity index (χ4n) is 4.43. The summed E-state index contributed by atoms with van der Waals surface area (Å²) in [6, 6.07) is 27.3. The lowest BCUT2D eigenvalue weighted by molar-refractivity contribution is 0.0891. The predicted molar refractivity (Wildman–Crippen MR) is 115 cm³/mol. The molecule has 148 valence electrons. The Morgan fingerprint density at radius 2 is 1.34 bits per heavy atom. The first kappa shape index (κ1) is 19.5. The van der Waals surface area contributed by atoms with Crippen molar-refractivity contribution >= 4 is 5.78 Å². The van der Waals surface area contributed by atoms with Crippen LogP contribution in [0.2, 0.25) is 0 Å². The molecule has 4 rings (SSSR count). The zero-order valence-corrected chi connectivity index (χ0v) is 16.5. The van der Waals surface area contributed by atoms with Crippen molar-refractivity contribution in [1.82, 2.24) is 4.90 Å². The molecule has 0 amide bonds. The number of nitrogens with zero attached hydrogens (tertiary/aromatic N) is 1. The minimum Gasteiger partial charge on any atom is -0.296 e. The van der Waals surface area contributed by atoms with Crippen molar-refractivity contribution in [2.24, 2.45) is 5.92 Å². The third-order valence-corrected chi connectivity index (χ3v) is 5.95. The number of benzene rings is 3. The molecule has 1 fully saturated rings. The smallest absolute Gasteiger partial charge is 0.176 e. The highest BCUT2D eigenvalue weighted by Gasteiger charge is 2.29. The van der Waals surface area contributed by atoms with E-state index in [1.807, 2.05) is 0 Å². The van der Waals surface area contributed by atoms with Crippen LogP contribution in [0.5, 0.6) is 0 Å². The molecule has 0 atom stereocenters.